The maximum atomic E-state index is 12.5. The summed E-state index contributed by atoms with van der Waals surface area (Å²) in [5.74, 6) is 1.65. The van der Waals surface area contributed by atoms with Crippen LogP contribution >= 0.6 is 0 Å². The van der Waals surface area contributed by atoms with Crippen molar-refractivity contribution in [1.29, 1.82) is 0 Å². The molecule has 2 aromatic carbocycles. The third-order valence-corrected chi connectivity index (χ3v) is 4.10. The van der Waals surface area contributed by atoms with Gasteiger partial charge in [0, 0.05) is 6.07 Å². The van der Waals surface area contributed by atoms with E-state index in [0.29, 0.717) is 17.2 Å². The van der Waals surface area contributed by atoms with Gasteiger partial charge in [-0.3, -0.25) is 4.79 Å². The topological polar surface area (TPSA) is 56.8 Å². The van der Waals surface area contributed by atoms with E-state index in [2.05, 4.69) is 11.4 Å². The van der Waals surface area contributed by atoms with E-state index < -0.39 is 6.10 Å². The van der Waals surface area contributed by atoms with Gasteiger partial charge < -0.3 is 19.5 Å². The van der Waals surface area contributed by atoms with Gasteiger partial charge in [0.2, 0.25) is 0 Å². The molecule has 134 valence electrons. The summed E-state index contributed by atoms with van der Waals surface area (Å²) in [6, 6.07) is 9.26. The van der Waals surface area contributed by atoms with Crippen LogP contribution in [0.15, 0.2) is 30.3 Å². The Kier molecular flexibility index (Phi) is 5.91. The Balaban J connectivity index is 2.16. The number of methoxy groups -OCH3 is 2. The van der Waals surface area contributed by atoms with Crippen LogP contribution in [-0.2, 0) is 4.79 Å². The summed E-state index contributed by atoms with van der Waals surface area (Å²) in [4.78, 5) is 12.5. The van der Waals surface area contributed by atoms with Crippen LogP contribution in [0.3, 0.4) is 0 Å². The van der Waals surface area contributed by atoms with Crippen molar-refractivity contribution in [3.8, 4) is 17.2 Å². The molecule has 5 heteroatoms. The van der Waals surface area contributed by atoms with Crippen molar-refractivity contribution >= 4 is 11.6 Å². The number of nitrogens with one attached hydrogen (secondary N) is 1. The predicted molar refractivity (Wildman–Crippen MR) is 98.9 cm³/mol. The molecule has 5 nitrogen and oxygen atoms in total. The van der Waals surface area contributed by atoms with Gasteiger partial charge in [-0.1, -0.05) is 6.07 Å². The number of rotatable bonds is 6. The molecule has 0 radical (unpaired) electrons. The Morgan fingerprint density at radius 2 is 1.72 bits per heavy atom. The van der Waals surface area contributed by atoms with E-state index in [1.165, 1.54) is 0 Å². The number of carbonyl (C=O) groups is 1. The average molecular weight is 343 g/mol. The normalized spacial score (nSPS) is 11.6. The molecule has 25 heavy (non-hydrogen) atoms. The van der Waals surface area contributed by atoms with Crippen LogP contribution in [0.1, 0.15) is 23.6 Å². The van der Waals surface area contributed by atoms with Crippen LogP contribution in [0.5, 0.6) is 17.2 Å². The zero-order chi connectivity index (χ0) is 18.6. The molecule has 1 unspecified atom stereocenters. The highest BCUT2D eigenvalue weighted by molar-refractivity contribution is 5.95. The van der Waals surface area contributed by atoms with E-state index in [0.717, 1.165) is 22.4 Å². The van der Waals surface area contributed by atoms with E-state index in [-0.39, 0.29) is 5.91 Å². The molecule has 1 N–H and O–H groups in total. The summed E-state index contributed by atoms with van der Waals surface area (Å²) < 4.78 is 16.4. The SMILES string of the molecule is COc1ccc(OC)c(NC(=O)C(C)Oc2cc(C)cc(C)c2C)c1. The molecule has 0 spiro atoms. The highest BCUT2D eigenvalue weighted by Crippen LogP contribution is 2.29. The van der Waals surface area contributed by atoms with Crippen molar-refractivity contribution in [3.05, 3.63) is 47.0 Å². The van der Waals surface area contributed by atoms with Crippen LogP contribution in [0.4, 0.5) is 5.69 Å². The van der Waals surface area contributed by atoms with Gasteiger partial charge in [0.1, 0.15) is 17.2 Å². The first-order valence-electron chi connectivity index (χ1n) is 8.13. The lowest BCUT2D eigenvalue weighted by molar-refractivity contribution is -0.122. The van der Waals surface area contributed by atoms with Gasteiger partial charge in [-0.05, 0) is 62.6 Å². The molecular formula is C20H25NO4. The van der Waals surface area contributed by atoms with Gasteiger partial charge in [0.05, 0.1) is 19.9 Å². The van der Waals surface area contributed by atoms with E-state index in [1.807, 2.05) is 26.8 Å². The number of hydrogen-bond donors (Lipinski definition) is 1. The molecule has 1 amide bonds. The minimum absolute atomic E-state index is 0.259. The molecule has 0 aromatic heterocycles. The third kappa shape index (κ3) is 4.44. The number of ether oxygens (including phenoxy) is 3. The van der Waals surface area contributed by atoms with Crippen LogP contribution < -0.4 is 19.5 Å². The highest BCUT2D eigenvalue weighted by Gasteiger charge is 2.18. The number of anilines is 1. The van der Waals surface area contributed by atoms with Gasteiger partial charge in [0.15, 0.2) is 6.10 Å². The molecule has 0 heterocycles. The van der Waals surface area contributed by atoms with E-state index in [1.54, 1.807) is 39.3 Å². The average Bonchev–Trinajstić information content (AvgIpc) is 2.58. The van der Waals surface area contributed by atoms with Crippen molar-refractivity contribution in [2.24, 2.45) is 0 Å². The van der Waals surface area contributed by atoms with Crippen LogP contribution in [0, 0.1) is 20.8 Å². The lowest BCUT2D eigenvalue weighted by Crippen LogP contribution is -2.30. The van der Waals surface area contributed by atoms with Crippen molar-refractivity contribution in [3.63, 3.8) is 0 Å². The predicted octanol–water partition coefficient (Wildman–Crippen LogP) is 4.04. The smallest absolute Gasteiger partial charge is 0.265 e. The number of aryl methyl sites for hydroxylation is 2. The first-order chi connectivity index (χ1) is 11.8. The molecule has 0 aliphatic rings. The zero-order valence-corrected chi connectivity index (χ0v) is 15.6. The Bertz CT molecular complexity index is 771. The van der Waals surface area contributed by atoms with Gasteiger partial charge in [-0.25, -0.2) is 0 Å². The minimum Gasteiger partial charge on any atom is -0.497 e. The van der Waals surface area contributed by atoms with Crippen molar-refractivity contribution in [1.82, 2.24) is 0 Å². The van der Waals surface area contributed by atoms with Crippen molar-refractivity contribution in [2.75, 3.05) is 19.5 Å². The van der Waals surface area contributed by atoms with Crippen LogP contribution in [-0.4, -0.2) is 26.2 Å². The van der Waals surface area contributed by atoms with Crippen molar-refractivity contribution in [2.45, 2.75) is 33.8 Å². The Hall–Kier alpha value is -2.69. The van der Waals surface area contributed by atoms with Gasteiger partial charge in [-0.15, -0.1) is 0 Å². The Morgan fingerprint density at radius 1 is 1.00 bits per heavy atom. The largest absolute Gasteiger partial charge is 0.497 e. The molecule has 0 saturated heterocycles. The van der Waals surface area contributed by atoms with E-state index in [4.69, 9.17) is 14.2 Å². The number of amides is 1. The summed E-state index contributed by atoms with van der Waals surface area (Å²) in [5.41, 5.74) is 3.81. The fourth-order valence-corrected chi connectivity index (χ4v) is 2.51. The number of benzene rings is 2. The fourth-order valence-electron chi connectivity index (χ4n) is 2.51. The number of carbonyl (C=O) groups excluding carboxylic acids is 1. The van der Waals surface area contributed by atoms with E-state index >= 15 is 0 Å². The summed E-state index contributed by atoms with van der Waals surface area (Å²) >= 11 is 0. The Labute approximate surface area is 148 Å². The minimum atomic E-state index is -0.657. The molecule has 0 fully saturated rings. The molecule has 0 bridgehead atoms. The molecule has 2 aromatic rings. The first-order valence-corrected chi connectivity index (χ1v) is 8.13. The highest BCUT2D eigenvalue weighted by atomic mass is 16.5. The summed E-state index contributed by atoms with van der Waals surface area (Å²) in [6.45, 7) is 7.74. The quantitative estimate of drug-likeness (QED) is 0.860. The Morgan fingerprint density at radius 3 is 2.36 bits per heavy atom. The van der Waals surface area contributed by atoms with Gasteiger partial charge in [-0.2, -0.15) is 0 Å². The maximum Gasteiger partial charge on any atom is 0.265 e. The molecule has 0 saturated carbocycles. The van der Waals surface area contributed by atoms with Crippen LogP contribution in [0.2, 0.25) is 0 Å². The van der Waals surface area contributed by atoms with Crippen LogP contribution in [0.25, 0.3) is 0 Å². The molecule has 2 rings (SSSR count). The fraction of sp³-hybridized carbons (Fsp3) is 0.350. The van der Waals surface area contributed by atoms with Gasteiger partial charge in [0.25, 0.3) is 5.91 Å². The second-order valence-corrected chi connectivity index (χ2v) is 6.02. The lowest BCUT2D eigenvalue weighted by Gasteiger charge is -2.19. The van der Waals surface area contributed by atoms with E-state index in [9.17, 15) is 4.79 Å². The molecule has 1 atom stereocenters. The van der Waals surface area contributed by atoms with Crippen molar-refractivity contribution < 1.29 is 19.0 Å². The first kappa shape index (κ1) is 18.6. The molecule has 0 aliphatic heterocycles. The monoisotopic (exact) mass is 343 g/mol. The molecule has 0 aliphatic carbocycles. The lowest BCUT2D eigenvalue weighted by atomic mass is 10.1. The zero-order valence-electron chi connectivity index (χ0n) is 15.6. The van der Waals surface area contributed by atoms with Gasteiger partial charge >= 0.3 is 0 Å². The summed E-state index contributed by atoms with van der Waals surface area (Å²) in [6.07, 6.45) is -0.657. The second-order valence-electron chi connectivity index (χ2n) is 6.02. The summed E-state index contributed by atoms with van der Waals surface area (Å²) in [5, 5.41) is 2.84. The second kappa shape index (κ2) is 7.92. The maximum absolute atomic E-state index is 12.5. The standard InChI is InChI=1S/C20H25NO4/c1-12-9-13(2)14(3)19(10-12)25-15(4)20(22)21-17-11-16(23-5)7-8-18(17)24-6/h7-11,15H,1-6H3,(H,21,22). The summed E-state index contributed by atoms with van der Waals surface area (Å²) in [7, 11) is 3.12. The number of hydrogen-bond acceptors (Lipinski definition) is 4. The third-order valence-electron chi connectivity index (χ3n) is 4.10. The molecular weight excluding hydrogens is 318 g/mol.